The van der Waals surface area contributed by atoms with E-state index >= 15 is 0 Å². The van der Waals surface area contributed by atoms with Crippen molar-refractivity contribution in [3.63, 3.8) is 0 Å². The quantitative estimate of drug-likeness (QED) is 0.555. The third-order valence-electron chi connectivity index (χ3n) is 5.08. The summed E-state index contributed by atoms with van der Waals surface area (Å²) in [6, 6.07) is 13.2. The van der Waals surface area contributed by atoms with Gasteiger partial charge in [0.15, 0.2) is 0 Å². The van der Waals surface area contributed by atoms with Crippen LogP contribution in [-0.4, -0.2) is 27.4 Å². The van der Waals surface area contributed by atoms with Gasteiger partial charge in [0.05, 0.1) is 17.2 Å². The number of carbonyl (C=O) groups is 3. The largest absolute Gasteiger partial charge is 0.326 e. The molecule has 0 spiro atoms. The summed E-state index contributed by atoms with van der Waals surface area (Å²) in [7, 11) is 0. The normalized spacial score (nSPS) is 18.2. The van der Waals surface area contributed by atoms with E-state index in [1.54, 1.807) is 49.4 Å². The summed E-state index contributed by atoms with van der Waals surface area (Å²) in [4.78, 5) is 52.7. The van der Waals surface area contributed by atoms with Crippen LogP contribution in [0.25, 0.3) is 10.9 Å². The molecule has 9 heteroatoms. The fraction of sp³-hybridized carbons (Fsp3) is 0.190. The van der Waals surface area contributed by atoms with Crippen molar-refractivity contribution in [2.24, 2.45) is 0 Å². The Morgan fingerprint density at radius 2 is 1.93 bits per heavy atom. The van der Waals surface area contributed by atoms with Gasteiger partial charge in [-0.25, -0.2) is 9.78 Å². The number of aryl methyl sites for hydroxylation is 1. The minimum atomic E-state index is -1.21. The number of imide groups is 1. The molecular formula is C21H19N5O4. The number of amides is 4. The van der Waals surface area contributed by atoms with Crippen LogP contribution in [-0.2, 0) is 21.7 Å². The molecule has 1 atom stereocenters. The van der Waals surface area contributed by atoms with Crippen molar-refractivity contribution in [2.45, 2.75) is 25.4 Å². The van der Waals surface area contributed by atoms with Crippen molar-refractivity contribution in [3.05, 3.63) is 70.8 Å². The summed E-state index contributed by atoms with van der Waals surface area (Å²) >= 11 is 0. The Kier molecular flexibility index (Phi) is 4.78. The molecule has 1 saturated heterocycles. The molecule has 1 fully saturated rings. The zero-order valence-corrected chi connectivity index (χ0v) is 16.1. The molecule has 2 heterocycles. The first-order chi connectivity index (χ1) is 14.4. The third kappa shape index (κ3) is 3.52. The van der Waals surface area contributed by atoms with Crippen molar-refractivity contribution < 1.29 is 14.4 Å². The Bertz CT molecular complexity index is 1240. The predicted molar refractivity (Wildman–Crippen MR) is 110 cm³/mol. The molecule has 1 unspecified atom stereocenters. The Labute approximate surface area is 171 Å². The number of hydrogen-bond acceptors (Lipinski definition) is 5. The van der Waals surface area contributed by atoms with E-state index in [1.165, 1.54) is 10.9 Å². The smallest absolute Gasteiger partial charge is 0.322 e. The van der Waals surface area contributed by atoms with Crippen LogP contribution in [0.5, 0.6) is 0 Å². The average molecular weight is 405 g/mol. The number of rotatable bonds is 5. The van der Waals surface area contributed by atoms with Crippen LogP contribution in [0.3, 0.4) is 0 Å². The molecule has 3 aromatic rings. The Morgan fingerprint density at radius 3 is 2.70 bits per heavy atom. The van der Waals surface area contributed by atoms with E-state index in [4.69, 9.17) is 0 Å². The SMILES string of the molecule is CC1(c2cccc(NC(=O)CCn3cnc4ccccc4c3=O)c2)NC(=O)NC1=O. The highest BCUT2D eigenvalue weighted by molar-refractivity contribution is 6.07. The lowest BCUT2D eigenvalue weighted by Crippen LogP contribution is -2.40. The lowest BCUT2D eigenvalue weighted by atomic mass is 9.92. The summed E-state index contributed by atoms with van der Waals surface area (Å²) < 4.78 is 1.40. The third-order valence-corrected chi connectivity index (χ3v) is 5.08. The molecule has 1 aliphatic heterocycles. The van der Waals surface area contributed by atoms with Gasteiger partial charge in [0.1, 0.15) is 5.54 Å². The lowest BCUT2D eigenvalue weighted by molar-refractivity contribution is -0.123. The Hall–Kier alpha value is -4.01. The molecule has 4 rings (SSSR count). The van der Waals surface area contributed by atoms with Crippen molar-refractivity contribution >= 4 is 34.4 Å². The Morgan fingerprint density at radius 1 is 1.13 bits per heavy atom. The fourth-order valence-corrected chi connectivity index (χ4v) is 3.37. The average Bonchev–Trinajstić information content (AvgIpc) is 3.00. The van der Waals surface area contributed by atoms with Crippen molar-refractivity contribution in [1.29, 1.82) is 0 Å². The number of nitrogens with one attached hydrogen (secondary N) is 3. The van der Waals surface area contributed by atoms with Gasteiger partial charge in [0, 0.05) is 18.7 Å². The first-order valence-corrected chi connectivity index (χ1v) is 9.35. The van der Waals surface area contributed by atoms with Crippen LogP contribution in [0.2, 0.25) is 0 Å². The van der Waals surface area contributed by atoms with E-state index in [0.29, 0.717) is 22.2 Å². The second-order valence-corrected chi connectivity index (χ2v) is 7.17. The van der Waals surface area contributed by atoms with E-state index in [1.807, 2.05) is 6.07 Å². The number of hydrogen-bond donors (Lipinski definition) is 3. The monoisotopic (exact) mass is 405 g/mol. The van der Waals surface area contributed by atoms with Crippen LogP contribution in [0.1, 0.15) is 18.9 Å². The summed E-state index contributed by atoms with van der Waals surface area (Å²) in [6.45, 7) is 1.77. The van der Waals surface area contributed by atoms with Gasteiger partial charge in [-0.15, -0.1) is 0 Å². The standard InChI is InChI=1S/C21H19N5O4/c1-21(19(29)24-20(30)25-21)13-5-4-6-14(11-13)23-17(27)9-10-26-12-22-16-8-3-2-7-15(16)18(26)28/h2-8,11-12H,9-10H2,1H3,(H,23,27)(H2,24,25,29,30). The van der Waals surface area contributed by atoms with Gasteiger partial charge in [0.2, 0.25) is 5.91 Å². The highest BCUT2D eigenvalue weighted by Gasteiger charge is 2.43. The summed E-state index contributed by atoms with van der Waals surface area (Å²) in [6.07, 6.45) is 1.50. The number of urea groups is 1. The van der Waals surface area contributed by atoms with Gasteiger partial charge in [-0.3, -0.25) is 24.3 Å². The molecule has 9 nitrogen and oxygen atoms in total. The van der Waals surface area contributed by atoms with E-state index < -0.39 is 17.5 Å². The molecule has 4 amide bonds. The van der Waals surface area contributed by atoms with Crippen molar-refractivity contribution in [2.75, 3.05) is 5.32 Å². The van der Waals surface area contributed by atoms with E-state index in [2.05, 4.69) is 20.9 Å². The second kappa shape index (κ2) is 7.43. The fourth-order valence-electron chi connectivity index (χ4n) is 3.37. The van der Waals surface area contributed by atoms with Crippen molar-refractivity contribution in [1.82, 2.24) is 20.2 Å². The van der Waals surface area contributed by atoms with Crippen LogP contribution >= 0.6 is 0 Å². The molecule has 152 valence electrons. The number of carbonyl (C=O) groups excluding carboxylic acids is 3. The van der Waals surface area contributed by atoms with E-state index in [0.717, 1.165) is 0 Å². The first kappa shape index (κ1) is 19.3. The maximum Gasteiger partial charge on any atom is 0.322 e. The van der Waals surface area contributed by atoms with Crippen LogP contribution in [0, 0.1) is 0 Å². The van der Waals surface area contributed by atoms with E-state index in [9.17, 15) is 19.2 Å². The van der Waals surface area contributed by atoms with Gasteiger partial charge in [-0.2, -0.15) is 0 Å². The maximum absolute atomic E-state index is 12.5. The molecule has 0 bridgehead atoms. The molecule has 0 saturated carbocycles. The van der Waals surface area contributed by atoms with Gasteiger partial charge < -0.3 is 10.6 Å². The molecule has 0 radical (unpaired) electrons. The number of aromatic nitrogens is 2. The zero-order chi connectivity index (χ0) is 21.3. The van der Waals surface area contributed by atoms with Gasteiger partial charge in [-0.05, 0) is 36.8 Å². The number of nitrogens with zero attached hydrogens (tertiary/aromatic N) is 2. The molecule has 3 N–H and O–H groups in total. The van der Waals surface area contributed by atoms with Gasteiger partial charge in [0.25, 0.3) is 11.5 Å². The maximum atomic E-state index is 12.5. The van der Waals surface area contributed by atoms with Crippen LogP contribution in [0.15, 0.2) is 59.7 Å². The van der Waals surface area contributed by atoms with Gasteiger partial charge in [-0.1, -0.05) is 24.3 Å². The zero-order valence-electron chi connectivity index (χ0n) is 16.1. The molecule has 2 aromatic carbocycles. The predicted octanol–water partition coefficient (Wildman–Crippen LogP) is 1.48. The minimum Gasteiger partial charge on any atom is -0.326 e. The lowest BCUT2D eigenvalue weighted by Gasteiger charge is -2.21. The number of anilines is 1. The number of fused-ring (bicyclic) bond motifs is 1. The molecule has 1 aromatic heterocycles. The molecular weight excluding hydrogens is 386 g/mol. The summed E-state index contributed by atoms with van der Waals surface area (Å²) in [5.74, 6) is -0.753. The van der Waals surface area contributed by atoms with E-state index in [-0.39, 0.29) is 24.4 Å². The highest BCUT2D eigenvalue weighted by atomic mass is 16.2. The Balaban J connectivity index is 1.45. The molecule has 30 heavy (non-hydrogen) atoms. The van der Waals surface area contributed by atoms with Gasteiger partial charge >= 0.3 is 6.03 Å². The number of para-hydroxylation sites is 1. The second-order valence-electron chi connectivity index (χ2n) is 7.17. The van der Waals surface area contributed by atoms with Crippen LogP contribution in [0.4, 0.5) is 10.5 Å². The summed E-state index contributed by atoms with van der Waals surface area (Å²) in [5.41, 5.74) is 0.222. The first-order valence-electron chi connectivity index (χ1n) is 9.35. The van der Waals surface area contributed by atoms with Crippen LogP contribution < -0.4 is 21.5 Å². The number of benzene rings is 2. The van der Waals surface area contributed by atoms with Crippen molar-refractivity contribution in [3.8, 4) is 0 Å². The molecule has 0 aliphatic carbocycles. The topological polar surface area (TPSA) is 122 Å². The minimum absolute atomic E-state index is 0.0681. The highest BCUT2D eigenvalue weighted by Crippen LogP contribution is 2.26. The molecule has 1 aliphatic rings. The summed E-state index contributed by atoms with van der Waals surface area (Å²) in [5, 5.41) is 8.05.